The fourth-order valence-electron chi connectivity index (χ4n) is 2.55. The first kappa shape index (κ1) is 26.8. The lowest BCUT2D eigenvalue weighted by Crippen LogP contribution is -2.60. The second-order valence-electron chi connectivity index (χ2n) is 6.87. The maximum absolute atomic E-state index is 12.4. The smallest absolute Gasteiger partial charge is 0.326 e. The first-order chi connectivity index (χ1) is 13.7. The third kappa shape index (κ3) is 10.8. The number of aliphatic hydroxyl groups is 1. The summed E-state index contributed by atoms with van der Waals surface area (Å²) < 4.78 is 0. The molecule has 11 heteroatoms. The number of unbranched alkanes of at least 4 members (excludes halogenated alkanes) is 3. The van der Waals surface area contributed by atoms with Crippen LogP contribution in [0.2, 0.25) is 0 Å². The highest BCUT2D eigenvalue weighted by Gasteiger charge is 2.31. The van der Waals surface area contributed by atoms with Gasteiger partial charge in [-0.1, -0.05) is 26.2 Å². The molecular weight excluding hydrogens is 382 g/mol. The van der Waals surface area contributed by atoms with Crippen molar-refractivity contribution in [3.63, 3.8) is 0 Å². The van der Waals surface area contributed by atoms with Crippen molar-refractivity contribution in [1.82, 2.24) is 16.0 Å². The van der Waals surface area contributed by atoms with Crippen LogP contribution in [-0.2, 0) is 19.2 Å². The van der Waals surface area contributed by atoms with E-state index in [1.807, 2.05) is 0 Å². The minimum Gasteiger partial charge on any atom is -0.480 e. The van der Waals surface area contributed by atoms with Gasteiger partial charge >= 0.3 is 5.97 Å². The van der Waals surface area contributed by atoms with Crippen LogP contribution in [0.5, 0.6) is 0 Å². The van der Waals surface area contributed by atoms with Gasteiger partial charge in [-0.25, -0.2) is 4.79 Å². The van der Waals surface area contributed by atoms with E-state index in [0.29, 0.717) is 6.42 Å². The molecule has 0 aliphatic heterocycles. The van der Waals surface area contributed by atoms with Crippen molar-refractivity contribution in [3.8, 4) is 0 Å². The molecule has 0 aromatic carbocycles. The monoisotopic (exact) mass is 417 g/mol. The number of rotatable bonds is 15. The maximum Gasteiger partial charge on any atom is 0.326 e. The third-order valence-electron chi connectivity index (χ3n) is 4.28. The van der Waals surface area contributed by atoms with E-state index in [1.165, 1.54) is 6.92 Å². The summed E-state index contributed by atoms with van der Waals surface area (Å²) in [5.41, 5.74) is 10.9. The summed E-state index contributed by atoms with van der Waals surface area (Å²) in [6.45, 7) is 3.15. The number of nitrogens with one attached hydrogen (secondary N) is 3. The standard InChI is InChI=1S/C18H35N5O6/c1-3-4-5-6-7-14(25)21-13(10-20)16(26)23-15(11(2)24)17(27)22-12(8-9-19)18(28)29/h11-13,15,24H,3-10,19-20H2,1-2H3,(H,21,25)(H,22,27)(H,23,26)(H,28,29)/t11-,12-,13+,15+/m1/s1. The van der Waals surface area contributed by atoms with E-state index >= 15 is 0 Å². The van der Waals surface area contributed by atoms with Gasteiger partial charge in [0.1, 0.15) is 18.1 Å². The van der Waals surface area contributed by atoms with Crippen LogP contribution < -0.4 is 27.4 Å². The lowest BCUT2D eigenvalue weighted by molar-refractivity contribution is -0.143. The SMILES string of the molecule is CCCCCCC(=O)N[C@@H](CN)C(=O)N[C@H](C(=O)N[C@H](CCN)C(=O)O)[C@@H](C)O. The van der Waals surface area contributed by atoms with E-state index < -0.39 is 42.0 Å². The number of carboxylic acid groups (broad SMARTS) is 1. The molecule has 0 fully saturated rings. The van der Waals surface area contributed by atoms with Gasteiger partial charge in [0, 0.05) is 13.0 Å². The van der Waals surface area contributed by atoms with Gasteiger partial charge in [0.25, 0.3) is 0 Å². The van der Waals surface area contributed by atoms with Crippen molar-refractivity contribution in [2.24, 2.45) is 11.5 Å². The quantitative estimate of drug-likeness (QED) is 0.151. The van der Waals surface area contributed by atoms with E-state index in [9.17, 15) is 24.3 Å². The predicted octanol–water partition coefficient (Wildman–Crippen LogP) is -1.82. The fourth-order valence-corrected chi connectivity index (χ4v) is 2.55. The highest BCUT2D eigenvalue weighted by atomic mass is 16.4. The second kappa shape index (κ2) is 14.7. The number of carboxylic acids is 1. The van der Waals surface area contributed by atoms with Gasteiger partial charge in [0.05, 0.1) is 6.10 Å². The van der Waals surface area contributed by atoms with Crippen molar-refractivity contribution < 1.29 is 29.4 Å². The first-order valence-electron chi connectivity index (χ1n) is 9.88. The topological polar surface area (TPSA) is 197 Å². The van der Waals surface area contributed by atoms with E-state index in [1.54, 1.807) is 0 Å². The largest absolute Gasteiger partial charge is 0.480 e. The molecule has 0 bridgehead atoms. The number of hydrogen-bond donors (Lipinski definition) is 7. The molecule has 29 heavy (non-hydrogen) atoms. The van der Waals surface area contributed by atoms with Crippen molar-refractivity contribution in [2.45, 2.75) is 76.6 Å². The number of hydrogen-bond acceptors (Lipinski definition) is 7. The zero-order chi connectivity index (χ0) is 22.4. The second-order valence-corrected chi connectivity index (χ2v) is 6.87. The van der Waals surface area contributed by atoms with Gasteiger partial charge in [-0.15, -0.1) is 0 Å². The summed E-state index contributed by atoms with van der Waals surface area (Å²) in [6, 6.07) is -3.75. The highest BCUT2D eigenvalue weighted by molar-refractivity contribution is 5.93. The molecule has 0 aromatic rings. The van der Waals surface area contributed by atoms with Crippen LogP contribution in [0, 0.1) is 0 Å². The van der Waals surface area contributed by atoms with Gasteiger partial charge in [0.2, 0.25) is 17.7 Å². The number of amides is 3. The van der Waals surface area contributed by atoms with Crippen LogP contribution in [0.3, 0.4) is 0 Å². The van der Waals surface area contributed by atoms with Crippen LogP contribution in [0.1, 0.15) is 52.4 Å². The summed E-state index contributed by atoms with van der Waals surface area (Å²) in [6.07, 6.45) is 2.57. The van der Waals surface area contributed by atoms with Crippen LogP contribution in [0.15, 0.2) is 0 Å². The Balaban J connectivity index is 4.89. The number of carbonyl (C=O) groups is 4. The Labute approximate surface area is 171 Å². The normalized spacial score (nSPS) is 14.9. The molecule has 0 aliphatic rings. The molecular formula is C18H35N5O6. The first-order valence-corrected chi connectivity index (χ1v) is 9.88. The van der Waals surface area contributed by atoms with E-state index in [2.05, 4.69) is 22.9 Å². The fraction of sp³-hybridized carbons (Fsp3) is 0.778. The molecule has 0 aromatic heterocycles. The van der Waals surface area contributed by atoms with Crippen LogP contribution in [-0.4, -0.2) is 71.2 Å². The molecule has 0 heterocycles. The molecule has 0 aliphatic carbocycles. The van der Waals surface area contributed by atoms with Crippen molar-refractivity contribution >= 4 is 23.7 Å². The number of aliphatic hydroxyl groups excluding tert-OH is 1. The number of carbonyl (C=O) groups excluding carboxylic acids is 3. The molecule has 0 saturated carbocycles. The molecule has 0 saturated heterocycles. The molecule has 0 radical (unpaired) electrons. The van der Waals surface area contributed by atoms with E-state index in [0.717, 1.165) is 19.3 Å². The van der Waals surface area contributed by atoms with Gasteiger partial charge in [-0.05, 0) is 26.3 Å². The Morgan fingerprint density at radius 1 is 0.931 bits per heavy atom. The number of aliphatic carboxylic acids is 1. The molecule has 168 valence electrons. The summed E-state index contributed by atoms with van der Waals surface area (Å²) in [5.74, 6) is -3.25. The predicted molar refractivity (Wildman–Crippen MR) is 107 cm³/mol. The lowest BCUT2D eigenvalue weighted by Gasteiger charge is -2.25. The lowest BCUT2D eigenvalue weighted by atomic mass is 10.1. The molecule has 11 nitrogen and oxygen atoms in total. The van der Waals surface area contributed by atoms with Crippen molar-refractivity contribution in [1.29, 1.82) is 0 Å². The molecule has 4 atom stereocenters. The molecule has 3 amide bonds. The Morgan fingerprint density at radius 2 is 1.59 bits per heavy atom. The summed E-state index contributed by atoms with van der Waals surface area (Å²) in [4.78, 5) is 47.9. The Kier molecular flexibility index (Phi) is 13.6. The van der Waals surface area contributed by atoms with Crippen molar-refractivity contribution in [3.05, 3.63) is 0 Å². The molecule has 0 unspecified atom stereocenters. The van der Waals surface area contributed by atoms with Crippen LogP contribution in [0.25, 0.3) is 0 Å². The van der Waals surface area contributed by atoms with Gasteiger partial charge in [-0.2, -0.15) is 0 Å². The minimum atomic E-state index is -1.42. The summed E-state index contributed by atoms with van der Waals surface area (Å²) >= 11 is 0. The zero-order valence-corrected chi connectivity index (χ0v) is 17.1. The Morgan fingerprint density at radius 3 is 2.07 bits per heavy atom. The van der Waals surface area contributed by atoms with Gasteiger partial charge < -0.3 is 37.6 Å². The van der Waals surface area contributed by atoms with E-state index in [-0.39, 0.29) is 31.8 Å². The zero-order valence-electron chi connectivity index (χ0n) is 17.1. The minimum absolute atomic E-state index is 0.0128. The average molecular weight is 418 g/mol. The Hall–Kier alpha value is -2.24. The third-order valence-corrected chi connectivity index (χ3v) is 4.28. The van der Waals surface area contributed by atoms with Gasteiger partial charge in [0.15, 0.2) is 0 Å². The van der Waals surface area contributed by atoms with Crippen LogP contribution in [0.4, 0.5) is 0 Å². The highest BCUT2D eigenvalue weighted by Crippen LogP contribution is 2.03. The average Bonchev–Trinajstić information content (AvgIpc) is 2.66. The maximum atomic E-state index is 12.4. The summed E-state index contributed by atoms with van der Waals surface area (Å²) in [7, 11) is 0. The summed E-state index contributed by atoms with van der Waals surface area (Å²) in [5, 5.41) is 26.0. The Bertz CT molecular complexity index is 543. The molecule has 9 N–H and O–H groups in total. The van der Waals surface area contributed by atoms with Crippen LogP contribution >= 0.6 is 0 Å². The van der Waals surface area contributed by atoms with E-state index in [4.69, 9.17) is 16.6 Å². The molecule has 0 spiro atoms. The van der Waals surface area contributed by atoms with Crippen molar-refractivity contribution in [2.75, 3.05) is 13.1 Å². The molecule has 0 rings (SSSR count). The van der Waals surface area contributed by atoms with Gasteiger partial charge in [-0.3, -0.25) is 14.4 Å². The number of nitrogens with two attached hydrogens (primary N) is 2.